The van der Waals surface area contributed by atoms with Crippen molar-refractivity contribution < 1.29 is 14.3 Å². The Labute approximate surface area is 104 Å². The van der Waals surface area contributed by atoms with E-state index < -0.39 is 11.2 Å². The summed E-state index contributed by atoms with van der Waals surface area (Å²) in [7, 11) is 1.55. The average molecular weight is 254 g/mol. The molecule has 1 fully saturated rings. The third-order valence-corrected chi connectivity index (χ3v) is 3.13. The Morgan fingerprint density at radius 1 is 1.47 bits per heavy atom. The van der Waals surface area contributed by atoms with Gasteiger partial charge in [-0.2, -0.15) is 0 Å². The van der Waals surface area contributed by atoms with E-state index in [1.54, 1.807) is 24.1 Å². The molecule has 1 atom stereocenters. The molecule has 0 radical (unpaired) electrons. The van der Waals surface area contributed by atoms with Crippen molar-refractivity contribution in [1.82, 2.24) is 0 Å². The molecule has 4 nitrogen and oxygen atoms in total. The lowest BCUT2D eigenvalue weighted by atomic mass is 10.1. The SMILES string of the molecule is COc1ccccc1N1CC(C(=O)Cl)CC1=O. The van der Waals surface area contributed by atoms with Crippen LogP contribution >= 0.6 is 11.6 Å². The Morgan fingerprint density at radius 3 is 2.76 bits per heavy atom. The van der Waals surface area contributed by atoms with E-state index in [0.29, 0.717) is 18.0 Å². The molecule has 1 aromatic rings. The molecule has 0 aromatic heterocycles. The molecule has 5 heteroatoms. The number of nitrogens with zero attached hydrogens (tertiary/aromatic N) is 1. The van der Waals surface area contributed by atoms with E-state index in [4.69, 9.17) is 16.3 Å². The second-order valence-electron chi connectivity index (χ2n) is 3.88. The van der Waals surface area contributed by atoms with Gasteiger partial charge in [0, 0.05) is 13.0 Å². The summed E-state index contributed by atoms with van der Waals surface area (Å²) in [6.07, 6.45) is 0.167. The van der Waals surface area contributed by atoms with Crippen molar-refractivity contribution >= 4 is 28.4 Å². The lowest BCUT2D eigenvalue weighted by Gasteiger charge is -2.18. The fourth-order valence-corrected chi connectivity index (χ4v) is 2.09. The number of hydrogen-bond donors (Lipinski definition) is 0. The van der Waals surface area contributed by atoms with Crippen molar-refractivity contribution in [3.05, 3.63) is 24.3 Å². The maximum absolute atomic E-state index is 11.8. The molecular weight excluding hydrogens is 242 g/mol. The number of rotatable bonds is 3. The van der Waals surface area contributed by atoms with Crippen LogP contribution in [-0.4, -0.2) is 24.8 Å². The molecule has 1 saturated heterocycles. The Kier molecular flexibility index (Phi) is 3.33. The fourth-order valence-electron chi connectivity index (χ4n) is 1.95. The van der Waals surface area contributed by atoms with Gasteiger partial charge >= 0.3 is 0 Å². The van der Waals surface area contributed by atoms with Crippen LogP contribution in [0.5, 0.6) is 5.75 Å². The number of amides is 1. The molecule has 0 spiro atoms. The highest BCUT2D eigenvalue weighted by molar-refractivity contribution is 6.64. The molecule has 0 N–H and O–H groups in total. The number of benzene rings is 1. The van der Waals surface area contributed by atoms with Crippen molar-refractivity contribution in [3.63, 3.8) is 0 Å². The van der Waals surface area contributed by atoms with Crippen LogP contribution in [0.15, 0.2) is 24.3 Å². The summed E-state index contributed by atoms with van der Waals surface area (Å²) in [4.78, 5) is 24.4. The number of methoxy groups -OCH3 is 1. The van der Waals surface area contributed by atoms with Crippen molar-refractivity contribution in [2.45, 2.75) is 6.42 Å². The van der Waals surface area contributed by atoms with Gasteiger partial charge in [-0.25, -0.2) is 0 Å². The van der Waals surface area contributed by atoms with E-state index in [1.165, 1.54) is 0 Å². The van der Waals surface area contributed by atoms with Crippen LogP contribution in [0.3, 0.4) is 0 Å². The number of hydrogen-bond acceptors (Lipinski definition) is 3. The maximum Gasteiger partial charge on any atom is 0.227 e. The maximum atomic E-state index is 11.8. The quantitative estimate of drug-likeness (QED) is 0.772. The zero-order valence-corrected chi connectivity index (χ0v) is 10.1. The second-order valence-corrected chi connectivity index (χ2v) is 4.25. The van der Waals surface area contributed by atoms with Gasteiger partial charge in [0.25, 0.3) is 0 Å². The first kappa shape index (κ1) is 11.9. The van der Waals surface area contributed by atoms with Crippen molar-refractivity contribution in [3.8, 4) is 5.75 Å². The number of carbonyl (C=O) groups excluding carboxylic acids is 2. The lowest BCUT2D eigenvalue weighted by molar-refractivity contribution is -0.120. The summed E-state index contributed by atoms with van der Waals surface area (Å²) >= 11 is 5.43. The largest absolute Gasteiger partial charge is 0.495 e. The van der Waals surface area contributed by atoms with Crippen LogP contribution in [0.2, 0.25) is 0 Å². The van der Waals surface area contributed by atoms with E-state index >= 15 is 0 Å². The van der Waals surface area contributed by atoms with Crippen molar-refractivity contribution in [2.24, 2.45) is 5.92 Å². The van der Waals surface area contributed by atoms with E-state index in [9.17, 15) is 9.59 Å². The highest BCUT2D eigenvalue weighted by Crippen LogP contribution is 2.33. The molecule has 0 aliphatic carbocycles. The van der Waals surface area contributed by atoms with Gasteiger partial charge in [0.15, 0.2) is 0 Å². The smallest absolute Gasteiger partial charge is 0.227 e. The Bertz CT molecular complexity index is 461. The zero-order chi connectivity index (χ0) is 12.4. The Morgan fingerprint density at radius 2 is 2.18 bits per heavy atom. The summed E-state index contributed by atoms with van der Waals surface area (Å²) < 4.78 is 5.19. The minimum atomic E-state index is -0.462. The normalized spacial score (nSPS) is 19.5. The topological polar surface area (TPSA) is 46.6 Å². The molecule has 1 aliphatic heterocycles. The van der Waals surface area contributed by atoms with Crippen LogP contribution < -0.4 is 9.64 Å². The van der Waals surface area contributed by atoms with Gasteiger partial charge in [-0.05, 0) is 23.7 Å². The van der Waals surface area contributed by atoms with Crippen LogP contribution in [0, 0.1) is 5.92 Å². The molecule has 1 amide bonds. The molecule has 0 bridgehead atoms. The number of halogens is 1. The van der Waals surface area contributed by atoms with E-state index in [2.05, 4.69) is 0 Å². The van der Waals surface area contributed by atoms with Crippen LogP contribution in [0.4, 0.5) is 5.69 Å². The van der Waals surface area contributed by atoms with Gasteiger partial charge in [0.2, 0.25) is 11.1 Å². The minimum Gasteiger partial charge on any atom is -0.495 e. The molecule has 90 valence electrons. The average Bonchev–Trinajstić information content (AvgIpc) is 2.71. The van der Waals surface area contributed by atoms with E-state index in [-0.39, 0.29) is 12.3 Å². The summed E-state index contributed by atoms with van der Waals surface area (Å²) in [6.45, 7) is 0.321. The third kappa shape index (κ3) is 2.26. The van der Waals surface area contributed by atoms with Gasteiger partial charge < -0.3 is 9.64 Å². The number of para-hydroxylation sites is 2. The van der Waals surface area contributed by atoms with Crippen molar-refractivity contribution in [2.75, 3.05) is 18.6 Å². The Hall–Kier alpha value is -1.55. The van der Waals surface area contributed by atoms with Gasteiger partial charge in [0.1, 0.15) is 5.75 Å². The van der Waals surface area contributed by atoms with E-state index in [1.807, 2.05) is 12.1 Å². The zero-order valence-electron chi connectivity index (χ0n) is 9.35. The minimum absolute atomic E-state index is 0.103. The second kappa shape index (κ2) is 4.75. The first-order valence-corrected chi connectivity index (χ1v) is 5.64. The lowest BCUT2D eigenvalue weighted by Crippen LogP contribution is -2.25. The highest BCUT2D eigenvalue weighted by Gasteiger charge is 2.35. The predicted molar refractivity (Wildman–Crippen MR) is 64.3 cm³/mol. The molecule has 1 heterocycles. The monoisotopic (exact) mass is 253 g/mol. The molecule has 0 saturated carbocycles. The number of ether oxygens (including phenoxy) is 1. The number of carbonyl (C=O) groups is 2. The van der Waals surface area contributed by atoms with Gasteiger partial charge in [0.05, 0.1) is 18.7 Å². The van der Waals surface area contributed by atoms with Gasteiger partial charge in [-0.1, -0.05) is 12.1 Å². The third-order valence-electron chi connectivity index (χ3n) is 2.82. The summed E-state index contributed by atoms with van der Waals surface area (Å²) in [5, 5.41) is -0.462. The molecule has 1 aromatic carbocycles. The summed E-state index contributed by atoms with van der Waals surface area (Å²) in [6, 6.07) is 7.21. The van der Waals surface area contributed by atoms with E-state index in [0.717, 1.165) is 0 Å². The summed E-state index contributed by atoms with van der Waals surface area (Å²) in [5.74, 6) is 0.0890. The van der Waals surface area contributed by atoms with Crippen LogP contribution in [0.1, 0.15) is 6.42 Å². The fraction of sp³-hybridized carbons (Fsp3) is 0.333. The first-order chi connectivity index (χ1) is 8.13. The number of anilines is 1. The standard InChI is InChI=1S/C12H12ClNO3/c1-17-10-5-3-2-4-9(10)14-7-8(12(13)16)6-11(14)15/h2-5,8H,6-7H2,1H3. The Balaban J connectivity index is 2.29. The van der Waals surface area contributed by atoms with Crippen molar-refractivity contribution in [1.29, 1.82) is 0 Å². The molecular formula is C12H12ClNO3. The van der Waals surface area contributed by atoms with Crippen LogP contribution in [-0.2, 0) is 9.59 Å². The molecule has 17 heavy (non-hydrogen) atoms. The van der Waals surface area contributed by atoms with Gasteiger partial charge in [-0.3, -0.25) is 9.59 Å². The predicted octanol–water partition coefficient (Wildman–Crippen LogP) is 1.81. The van der Waals surface area contributed by atoms with Crippen LogP contribution in [0.25, 0.3) is 0 Å². The highest BCUT2D eigenvalue weighted by atomic mass is 35.5. The summed E-state index contributed by atoms with van der Waals surface area (Å²) in [5.41, 5.74) is 0.681. The molecule has 2 rings (SSSR count). The molecule has 1 aliphatic rings. The molecule has 1 unspecified atom stereocenters. The van der Waals surface area contributed by atoms with Gasteiger partial charge in [-0.15, -0.1) is 0 Å². The first-order valence-electron chi connectivity index (χ1n) is 5.26.